The van der Waals surface area contributed by atoms with Gasteiger partial charge in [0, 0.05) is 12.2 Å². The molecule has 0 radical (unpaired) electrons. The summed E-state index contributed by atoms with van der Waals surface area (Å²) >= 11 is 0. The predicted molar refractivity (Wildman–Crippen MR) is 82.7 cm³/mol. The van der Waals surface area contributed by atoms with Gasteiger partial charge >= 0.3 is 23.9 Å². The summed E-state index contributed by atoms with van der Waals surface area (Å²) in [6.07, 6.45) is 1.84. The molecule has 0 heterocycles. The second-order valence-corrected chi connectivity index (χ2v) is 5.54. The van der Waals surface area contributed by atoms with Crippen molar-refractivity contribution in [2.75, 3.05) is 13.2 Å². The molecule has 0 saturated heterocycles. The quantitative estimate of drug-likeness (QED) is 0.265. The van der Waals surface area contributed by atoms with Gasteiger partial charge in [0.15, 0.2) is 0 Å². The van der Waals surface area contributed by atoms with Crippen LogP contribution in [0.2, 0.25) is 0 Å². The summed E-state index contributed by atoms with van der Waals surface area (Å²) in [4.78, 5) is 45.8. The van der Waals surface area contributed by atoms with Crippen LogP contribution in [0.3, 0.4) is 0 Å². The van der Waals surface area contributed by atoms with Crippen LogP contribution >= 0.6 is 0 Å². The second kappa shape index (κ2) is 8.85. The highest BCUT2D eigenvalue weighted by molar-refractivity contribution is 5.87. The van der Waals surface area contributed by atoms with Crippen LogP contribution in [-0.2, 0) is 38.1 Å². The Hall–Kier alpha value is -2.64. The van der Waals surface area contributed by atoms with Gasteiger partial charge in [0.2, 0.25) is 11.2 Å². The lowest BCUT2D eigenvalue weighted by Gasteiger charge is -2.23. The van der Waals surface area contributed by atoms with Crippen LogP contribution in [0.4, 0.5) is 0 Å². The van der Waals surface area contributed by atoms with E-state index in [0.29, 0.717) is 0 Å². The summed E-state index contributed by atoms with van der Waals surface area (Å²) in [6, 6.07) is 0. The Labute approximate surface area is 140 Å². The second-order valence-electron chi connectivity index (χ2n) is 5.54. The fraction of sp³-hybridized carbons (Fsp3) is 0.500. The van der Waals surface area contributed by atoms with Gasteiger partial charge in [-0.3, -0.25) is 0 Å². The number of carbonyl (C=O) groups excluding carboxylic acids is 4. The molecular formula is C16H22O8. The van der Waals surface area contributed by atoms with Crippen LogP contribution in [0.15, 0.2) is 25.3 Å². The molecule has 0 aromatic heterocycles. The number of esters is 4. The highest BCUT2D eigenvalue weighted by atomic mass is 16.6. The smallest absolute Gasteiger partial charge is 0.350 e. The highest BCUT2D eigenvalue weighted by Gasteiger charge is 2.35. The summed E-state index contributed by atoms with van der Waals surface area (Å²) in [6.45, 7) is 11.3. The van der Waals surface area contributed by atoms with Crippen LogP contribution in [0.5, 0.6) is 0 Å². The molecule has 24 heavy (non-hydrogen) atoms. The Kier molecular flexibility index (Phi) is 7.88. The summed E-state index contributed by atoms with van der Waals surface area (Å²) in [5.74, 6) is -3.17. The van der Waals surface area contributed by atoms with E-state index in [4.69, 9.17) is 18.9 Å². The molecule has 8 heteroatoms. The molecule has 0 aliphatic rings. The Morgan fingerprint density at radius 3 is 1.29 bits per heavy atom. The zero-order valence-corrected chi connectivity index (χ0v) is 14.2. The molecule has 0 fully saturated rings. The summed E-state index contributed by atoms with van der Waals surface area (Å²) in [5, 5.41) is 0. The molecule has 0 amide bonds. The van der Waals surface area contributed by atoms with Crippen LogP contribution in [0.25, 0.3) is 0 Å². The van der Waals surface area contributed by atoms with E-state index in [1.165, 1.54) is 27.7 Å². The van der Waals surface area contributed by atoms with Crippen LogP contribution in [0.1, 0.15) is 27.7 Å². The monoisotopic (exact) mass is 342 g/mol. The average molecular weight is 342 g/mol. The summed E-state index contributed by atoms with van der Waals surface area (Å²) < 4.78 is 19.4. The van der Waals surface area contributed by atoms with Gasteiger partial charge < -0.3 is 18.9 Å². The van der Waals surface area contributed by atoms with Gasteiger partial charge in [-0.05, 0) is 27.7 Å². The van der Waals surface area contributed by atoms with Gasteiger partial charge in [-0.15, -0.1) is 0 Å². The molecule has 0 aliphatic carbocycles. The van der Waals surface area contributed by atoms with Crippen molar-refractivity contribution in [2.45, 2.75) is 38.9 Å². The van der Waals surface area contributed by atoms with E-state index in [0.717, 1.165) is 12.2 Å². The fourth-order valence-electron chi connectivity index (χ4n) is 1.29. The average Bonchev–Trinajstić information content (AvgIpc) is 2.49. The molecule has 0 aliphatic heterocycles. The van der Waals surface area contributed by atoms with E-state index in [1.807, 2.05) is 0 Å². The Balaban J connectivity index is 4.33. The number of carbonyl (C=O) groups is 4. The molecule has 0 spiro atoms. The van der Waals surface area contributed by atoms with E-state index in [9.17, 15) is 19.2 Å². The topological polar surface area (TPSA) is 105 Å². The van der Waals surface area contributed by atoms with Crippen LogP contribution < -0.4 is 0 Å². The first-order valence-electron chi connectivity index (χ1n) is 7.01. The van der Waals surface area contributed by atoms with E-state index >= 15 is 0 Å². The lowest BCUT2D eigenvalue weighted by molar-refractivity contribution is -0.181. The van der Waals surface area contributed by atoms with Gasteiger partial charge in [-0.2, -0.15) is 0 Å². The standard InChI is InChI=1S/C16H22O8/c1-7-11(17)23-15(3,4)13(19)21-9-10-22-14(20)16(5,6)24-12(18)8-2/h7-8H,1-2,9-10H2,3-6H3. The molecule has 0 bridgehead atoms. The van der Waals surface area contributed by atoms with Gasteiger partial charge in [0.1, 0.15) is 13.2 Å². The minimum absolute atomic E-state index is 0.259. The Bertz CT molecular complexity index is 482. The maximum absolute atomic E-state index is 11.8. The number of hydrogen-bond acceptors (Lipinski definition) is 8. The van der Waals surface area contributed by atoms with Gasteiger partial charge in [0.25, 0.3) is 0 Å². The third-order valence-corrected chi connectivity index (χ3v) is 2.58. The van der Waals surface area contributed by atoms with Crippen molar-refractivity contribution < 1.29 is 38.1 Å². The molecule has 0 unspecified atom stereocenters. The van der Waals surface area contributed by atoms with E-state index in [2.05, 4.69) is 13.2 Å². The molecule has 0 atom stereocenters. The number of ether oxygens (including phenoxy) is 4. The fourth-order valence-corrected chi connectivity index (χ4v) is 1.29. The Morgan fingerprint density at radius 2 is 1.04 bits per heavy atom. The largest absolute Gasteiger partial charge is 0.459 e. The first kappa shape index (κ1) is 21.4. The van der Waals surface area contributed by atoms with Crippen LogP contribution in [-0.4, -0.2) is 48.3 Å². The van der Waals surface area contributed by atoms with Crippen molar-refractivity contribution in [2.24, 2.45) is 0 Å². The van der Waals surface area contributed by atoms with E-state index in [-0.39, 0.29) is 13.2 Å². The molecule has 0 aromatic rings. The van der Waals surface area contributed by atoms with Gasteiger partial charge in [-0.1, -0.05) is 13.2 Å². The molecule has 134 valence electrons. The zero-order chi connectivity index (χ0) is 19.0. The van der Waals surface area contributed by atoms with Crippen molar-refractivity contribution in [1.29, 1.82) is 0 Å². The first-order chi connectivity index (χ1) is 11.0. The normalized spacial score (nSPS) is 11.0. The third kappa shape index (κ3) is 7.08. The lowest BCUT2D eigenvalue weighted by Crippen LogP contribution is -2.40. The molecule has 0 aromatic carbocycles. The van der Waals surface area contributed by atoms with Gasteiger partial charge in [-0.25, -0.2) is 19.2 Å². The summed E-state index contributed by atoms with van der Waals surface area (Å²) in [7, 11) is 0. The van der Waals surface area contributed by atoms with Crippen molar-refractivity contribution in [3.8, 4) is 0 Å². The lowest BCUT2D eigenvalue weighted by atomic mass is 10.1. The minimum Gasteiger partial charge on any atom is -0.459 e. The maximum Gasteiger partial charge on any atom is 0.350 e. The number of rotatable bonds is 9. The van der Waals surface area contributed by atoms with E-state index in [1.54, 1.807) is 0 Å². The van der Waals surface area contributed by atoms with E-state index < -0.39 is 35.1 Å². The Morgan fingerprint density at radius 1 is 0.750 bits per heavy atom. The molecule has 8 nitrogen and oxygen atoms in total. The molecule has 0 saturated carbocycles. The van der Waals surface area contributed by atoms with Crippen molar-refractivity contribution in [3.63, 3.8) is 0 Å². The zero-order valence-electron chi connectivity index (χ0n) is 14.2. The van der Waals surface area contributed by atoms with Gasteiger partial charge in [0.05, 0.1) is 0 Å². The van der Waals surface area contributed by atoms with Crippen molar-refractivity contribution >= 4 is 23.9 Å². The summed E-state index contributed by atoms with van der Waals surface area (Å²) in [5.41, 5.74) is -3.01. The SMILES string of the molecule is C=CC(=O)OC(C)(C)C(=O)OCCOC(=O)C(C)(C)OC(=O)C=C. The first-order valence-corrected chi connectivity index (χ1v) is 7.01. The molecule has 0 N–H and O–H groups in total. The van der Waals surface area contributed by atoms with Crippen molar-refractivity contribution in [1.82, 2.24) is 0 Å². The number of hydrogen-bond donors (Lipinski definition) is 0. The molecular weight excluding hydrogens is 320 g/mol. The highest BCUT2D eigenvalue weighted by Crippen LogP contribution is 2.14. The minimum atomic E-state index is -1.51. The third-order valence-electron chi connectivity index (χ3n) is 2.58. The predicted octanol–water partition coefficient (Wildman–Crippen LogP) is 1.09. The maximum atomic E-state index is 11.8. The van der Waals surface area contributed by atoms with Crippen molar-refractivity contribution in [3.05, 3.63) is 25.3 Å². The van der Waals surface area contributed by atoms with Crippen LogP contribution in [0, 0.1) is 0 Å². The molecule has 0 rings (SSSR count).